The van der Waals surface area contributed by atoms with Crippen LogP contribution in [-0.2, 0) is 6.54 Å². The lowest BCUT2D eigenvalue weighted by atomic mass is 10.2. The van der Waals surface area contributed by atoms with Crippen molar-refractivity contribution in [2.75, 3.05) is 6.54 Å². The lowest BCUT2D eigenvalue weighted by molar-refractivity contribution is 0.597. The molecule has 1 N–H and O–H groups in total. The van der Waals surface area contributed by atoms with Crippen LogP contribution in [-0.4, -0.2) is 11.5 Å². The molecule has 0 amide bonds. The van der Waals surface area contributed by atoms with Crippen LogP contribution >= 0.6 is 11.6 Å². The molecule has 0 aromatic carbocycles. The van der Waals surface area contributed by atoms with E-state index in [0.29, 0.717) is 5.15 Å². The van der Waals surface area contributed by atoms with E-state index in [1.807, 2.05) is 12.1 Å². The highest BCUT2D eigenvalue weighted by atomic mass is 35.5. The van der Waals surface area contributed by atoms with Crippen molar-refractivity contribution in [1.82, 2.24) is 10.3 Å². The van der Waals surface area contributed by atoms with Gasteiger partial charge in [-0.3, -0.25) is 0 Å². The summed E-state index contributed by atoms with van der Waals surface area (Å²) in [7, 11) is 0. The summed E-state index contributed by atoms with van der Waals surface area (Å²) in [6, 6.07) is 3.92. The van der Waals surface area contributed by atoms with E-state index in [9.17, 15) is 0 Å². The van der Waals surface area contributed by atoms with Crippen molar-refractivity contribution in [1.29, 1.82) is 0 Å². The van der Waals surface area contributed by atoms with Crippen molar-refractivity contribution in [3.05, 3.63) is 29.0 Å². The average molecular weight is 227 g/mol. The molecule has 1 aromatic heterocycles. The van der Waals surface area contributed by atoms with Gasteiger partial charge in [0.25, 0.3) is 0 Å². The summed E-state index contributed by atoms with van der Waals surface area (Å²) in [5.41, 5.74) is 1.08. The second-order valence-electron chi connectivity index (χ2n) is 3.69. The second kappa shape index (κ2) is 7.66. The van der Waals surface area contributed by atoms with Crippen LogP contribution in [0.4, 0.5) is 0 Å². The molecule has 0 saturated heterocycles. The number of pyridine rings is 1. The molecule has 1 heterocycles. The maximum absolute atomic E-state index is 5.94. The number of nitrogens with zero attached hydrogens (tertiary/aromatic N) is 1. The van der Waals surface area contributed by atoms with Crippen molar-refractivity contribution in [2.24, 2.45) is 0 Å². The van der Waals surface area contributed by atoms with Crippen molar-refractivity contribution in [3.8, 4) is 0 Å². The van der Waals surface area contributed by atoms with Gasteiger partial charge in [0, 0.05) is 18.3 Å². The van der Waals surface area contributed by atoms with Crippen molar-refractivity contribution in [3.63, 3.8) is 0 Å². The van der Waals surface area contributed by atoms with Gasteiger partial charge >= 0.3 is 0 Å². The van der Waals surface area contributed by atoms with Crippen LogP contribution in [0.2, 0.25) is 5.15 Å². The Balaban J connectivity index is 2.12. The van der Waals surface area contributed by atoms with Crippen molar-refractivity contribution >= 4 is 11.6 Å². The Morgan fingerprint density at radius 2 is 2.20 bits per heavy atom. The molecule has 0 aliphatic rings. The van der Waals surface area contributed by atoms with E-state index in [1.54, 1.807) is 6.20 Å². The number of rotatable bonds is 7. The van der Waals surface area contributed by atoms with Crippen molar-refractivity contribution in [2.45, 2.75) is 39.2 Å². The summed E-state index contributed by atoms with van der Waals surface area (Å²) < 4.78 is 0. The number of nitrogens with one attached hydrogen (secondary N) is 1. The number of hydrogen-bond acceptors (Lipinski definition) is 2. The zero-order valence-electron chi connectivity index (χ0n) is 9.30. The lowest BCUT2D eigenvalue weighted by Crippen LogP contribution is -2.15. The van der Waals surface area contributed by atoms with E-state index in [4.69, 9.17) is 11.6 Å². The summed E-state index contributed by atoms with van der Waals surface area (Å²) in [6.45, 7) is 4.10. The molecule has 0 atom stereocenters. The minimum Gasteiger partial charge on any atom is -0.313 e. The van der Waals surface area contributed by atoms with E-state index in [2.05, 4.69) is 17.2 Å². The van der Waals surface area contributed by atoms with Gasteiger partial charge in [-0.2, -0.15) is 0 Å². The summed E-state index contributed by atoms with van der Waals surface area (Å²) in [6.07, 6.45) is 6.88. The molecule has 2 nitrogen and oxygen atoms in total. The maximum atomic E-state index is 5.94. The fraction of sp³-hybridized carbons (Fsp3) is 0.583. The largest absolute Gasteiger partial charge is 0.313 e. The minimum atomic E-state index is 0.610. The van der Waals surface area contributed by atoms with Crippen LogP contribution in [0, 0.1) is 0 Å². The molecule has 0 aliphatic heterocycles. The Hall–Kier alpha value is -0.600. The third-order valence-electron chi connectivity index (χ3n) is 2.36. The number of unbranched alkanes of at least 4 members (excludes halogenated alkanes) is 3. The SMILES string of the molecule is CCCCCCNCc1cccnc1Cl. The fourth-order valence-electron chi connectivity index (χ4n) is 1.45. The highest BCUT2D eigenvalue weighted by Crippen LogP contribution is 2.10. The molecule has 3 heteroatoms. The Kier molecular flexibility index (Phi) is 6.37. The summed E-state index contributed by atoms with van der Waals surface area (Å²) in [5, 5.41) is 3.99. The first-order valence-corrected chi connectivity index (χ1v) is 6.02. The van der Waals surface area contributed by atoms with E-state index in [0.717, 1.165) is 18.7 Å². The predicted octanol–water partition coefficient (Wildman–Crippen LogP) is 3.40. The lowest BCUT2D eigenvalue weighted by Gasteiger charge is -2.05. The number of aromatic nitrogens is 1. The first kappa shape index (κ1) is 12.5. The van der Waals surface area contributed by atoms with Gasteiger partial charge in [0.15, 0.2) is 0 Å². The molecule has 0 bridgehead atoms. The molecule has 84 valence electrons. The third-order valence-corrected chi connectivity index (χ3v) is 2.70. The van der Waals surface area contributed by atoms with Gasteiger partial charge in [-0.25, -0.2) is 4.98 Å². The van der Waals surface area contributed by atoms with Gasteiger partial charge in [-0.15, -0.1) is 0 Å². The molecule has 15 heavy (non-hydrogen) atoms. The maximum Gasteiger partial charge on any atom is 0.133 e. The quantitative estimate of drug-likeness (QED) is 0.570. The molecular weight excluding hydrogens is 208 g/mol. The van der Waals surface area contributed by atoms with E-state index < -0.39 is 0 Å². The van der Waals surface area contributed by atoms with Gasteiger partial charge in [-0.05, 0) is 19.0 Å². The number of hydrogen-bond donors (Lipinski definition) is 1. The predicted molar refractivity (Wildman–Crippen MR) is 65.1 cm³/mol. The molecule has 0 saturated carbocycles. The second-order valence-corrected chi connectivity index (χ2v) is 4.05. The fourth-order valence-corrected chi connectivity index (χ4v) is 1.64. The van der Waals surface area contributed by atoms with E-state index in [-0.39, 0.29) is 0 Å². The van der Waals surface area contributed by atoms with Crippen LogP contribution < -0.4 is 5.32 Å². The molecule has 0 spiro atoms. The Morgan fingerprint density at radius 3 is 2.93 bits per heavy atom. The van der Waals surface area contributed by atoms with E-state index in [1.165, 1.54) is 25.7 Å². The molecule has 0 fully saturated rings. The molecule has 1 aromatic rings. The normalized spacial score (nSPS) is 10.5. The highest BCUT2D eigenvalue weighted by Gasteiger charge is 1.98. The molecule has 0 radical (unpaired) electrons. The van der Waals surface area contributed by atoms with Gasteiger partial charge in [0.2, 0.25) is 0 Å². The average Bonchev–Trinajstić information content (AvgIpc) is 2.25. The van der Waals surface area contributed by atoms with Gasteiger partial charge in [-0.1, -0.05) is 43.9 Å². The highest BCUT2D eigenvalue weighted by molar-refractivity contribution is 6.30. The molecule has 1 rings (SSSR count). The smallest absolute Gasteiger partial charge is 0.133 e. The standard InChI is InChI=1S/C12H19ClN2/c1-2-3-4-5-8-14-10-11-7-6-9-15-12(11)13/h6-7,9,14H,2-5,8,10H2,1H3. The van der Waals surface area contributed by atoms with Crippen LogP contribution in [0.5, 0.6) is 0 Å². The van der Waals surface area contributed by atoms with Crippen LogP contribution in [0.1, 0.15) is 38.2 Å². The van der Waals surface area contributed by atoms with Crippen LogP contribution in [0.15, 0.2) is 18.3 Å². The van der Waals surface area contributed by atoms with Crippen LogP contribution in [0.25, 0.3) is 0 Å². The third kappa shape index (κ3) is 5.14. The van der Waals surface area contributed by atoms with Gasteiger partial charge in [0.1, 0.15) is 5.15 Å². The summed E-state index contributed by atoms with van der Waals surface area (Å²) in [4.78, 5) is 4.03. The molecule has 0 aliphatic carbocycles. The monoisotopic (exact) mass is 226 g/mol. The Bertz CT molecular complexity index is 276. The summed E-state index contributed by atoms with van der Waals surface area (Å²) in [5.74, 6) is 0. The Labute approximate surface area is 97.1 Å². The Morgan fingerprint density at radius 1 is 1.33 bits per heavy atom. The van der Waals surface area contributed by atoms with Crippen molar-refractivity contribution < 1.29 is 0 Å². The number of halogens is 1. The first-order chi connectivity index (χ1) is 7.34. The summed E-state index contributed by atoms with van der Waals surface area (Å²) >= 11 is 5.94. The van der Waals surface area contributed by atoms with Gasteiger partial charge < -0.3 is 5.32 Å². The van der Waals surface area contributed by atoms with Crippen LogP contribution in [0.3, 0.4) is 0 Å². The topological polar surface area (TPSA) is 24.9 Å². The van der Waals surface area contributed by atoms with E-state index >= 15 is 0 Å². The zero-order chi connectivity index (χ0) is 10.9. The molecule has 0 unspecified atom stereocenters. The minimum absolute atomic E-state index is 0.610. The van der Waals surface area contributed by atoms with Gasteiger partial charge in [0.05, 0.1) is 0 Å². The molecular formula is C12H19ClN2. The zero-order valence-corrected chi connectivity index (χ0v) is 10.1. The first-order valence-electron chi connectivity index (χ1n) is 5.64.